The Bertz CT molecular complexity index is 1090. The van der Waals surface area contributed by atoms with Gasteiger partial charge in [0.05, 0.1) is 26.4 Å². The van der Waals surface area contributed by atoms with Crippen LogP contribution in [0.4, 0.5) is 0 Å². The Kier molecular flexibility index (Phi) is 4.63. The average Bonchev–Trinajstić information content (AvgIpc) is 3.18. The highest BCUT2D eigenvalue weighted by Gasteiger charge is 2.24. The number of methoxy groups -OCH3 is 3. The van der Waals surface area contributed by atoms with Crippen LogP contribution in [0.5, 0.6) is 28.7 Å². The lowest BCUT2D eigenvalue weighted by molar-refractivity contribution is 0.174. The first-order chi connectivity index (χ1) is 13.5. The first kappa shape index (κ1) is 18.6. The molecule has 3 aromatic rings. The lowest BCUT2D eigenvalue weighted by Crippen LogP contribution is -1.99. The molecule has 1 aliphatic rings. The van der Waals surface area contributed by atoms with E-state index in [-0.39, 0.29) is 6.79 Å². The quantitative estimate of drug-likeness (QED) is 0.576. The number of hydrogen-bond donors (Lipinski definition) is 0. The van der Waals surface area contributed by atoms with Crippen molar-refractivity contribution in [3.8, 4) is 39.9 Å². The summed E-state index contributed by atoms with van der Waals surface area (Å²) in [5.41, 5.74) is 4.09. The zero-order valence-corrected chi connectivity index (χ0v) is 17.2. The molecule has 0 spiro atoms. The molecule has 0 saturated heterocycles. The predicted octanol–water partition coefficient (Wildman–Crippen LogP) is 5.53. The molecule has 1 aliphatic heterocycles. The van der Waals surface area contributed by atoms with Crippen LogP contribution < -0.4 is 23.7 Å². The maximum absolute atomic E-state index is 6.77. The van der Waals surface area contributed by atoms with Crippen LogP contribution in [0.3, 0.4) is 0 Å². The second-order valence-corrected chi connectivity index (χ2v) is 6.95. The number of fused-ring (bicyclic) bond motifs is 2. The molecule has 0 bridgehead atoms. The fourth-order valence-corrected chi connectivity index (χ4v) is 4.07. The number of rotatable bonds is 4. The summed E-state index contributed by atoms with van der Waals surface area (Å²) < 4.78 is 27.8. The third-order valence-corrected chi connectivity index (χ3v) is 5.72. The third-order valence-electron chi connectivity index (χ3n) is 5.25. The van der Waals surface area contributed by atoms with Gasteiger partial charge in [0.1, 0.15) is 0 Å². The van der Waals surface area contributed by atoms with Crippen molar-refractivity contribution in [3.63, 3.8) is 0 Å². The van der Waals surface area contributed by atoms with E-state index in [1.165, 1.54) is 0 Å². The van der Waals surface area contributed by atoms with E-state index < -0.39 is 0 Å². The molecule has 3 aromatic carbocycles. The van der Waals surface area contributed by atoms with Gasteiger partial charge in [-0.25, -0.2) is 0 Å². The molecule has 0 atom stereocenters. The van der Waals surface area contributed by atoms with Gasteiger partial charge in [-0.3, -0.25) is 0 Å². The molecule has 146 valence electrons. The summed E-state index contributed by atoms with van der Waals surface area (Å²) in [6.07, 6.45) is 0. The van der Waals surface area contributed by atoms with Crippen LogP contribution in [0, 0.1) is 13.8 Å². The molecule has 6 heteroatoms. The molecule has 0 N–H and O–H groups in total. The van der Waals surface area contributed by atoms with Crippen LogP contribution in [0.25, 0.3) is 21.9 Å². The molecule has 5 nitrogen and oxygen atoms in total. The summed E-state index contributed by atoms with van der Waals surface area (Å²) in [4.78, 5) is 0. The maximum Gasteiger partial charge on any atom is 0.231 e. The summed E-state index contributed by atoms with van der Waals surface area (Å²) in [5.74, 6) is 3.11. The van der Waals surface area contributed by atoms with Crippen molar-refractivity contribution in [1.29, 1.82) is 0 Å². The van der Waals surface area contributed by atoms with E-state index >= 15 is 0 Å². The highest BCUT2D eigenvalue weighted by Crippen LogP contribution is 2.51. The smallest absolute Gasteiger partial charge is 0.231 e. The first-order valence-electron chi connectivity index (χ1n) is 8.83. The second kappa shape index (κ2) is 6.99. The van der Waals surface area contributed by atoms with Crippen LogP contribution in [-0.4, -0.2) is 28.1 Å². The zero-order chi connectivity index (χ0) is 20.0. The Morgan fingerprint density at radius 1 is 0.857 bits per heavy atom. The van der Waals surface area contributed by atoms with Crippen molar-refractivity contribution in [2.45, 2.75) is 13.8 Å². The van der Waals surface area contributed by atoms with E-state index in [9.17, 15) is 0 Å². The lowest BCUT2D eigenvalue weighted by Gasteiger charge is -2.21. The summed E-state index contributed by atoms with van der Waals surface area (Å²) in [6, 6.07) is 7.87. The fourth-order valence-electron chi connectivity index (χ4n) is 3.74. The van der Waals surface area contributed by atoms with Crippen LogP contribution in [-0.2, 0) is 0 Å². The van der Waals surface area contributed by atoms with Gasteiger partial charge in [0, 0.05) is 5.39 Å². The second-order valence-electron chi connectivity index (χ2n) is 6.57. The molecule has 0 unspecified atom stereocenters. The molecule has 0 amide bonds. The Balaban J connectivity index is 2.14. The molecule has 28 heavy (non-hydrogen) atoms. The number of halogens is 1. The van der Waals surface area contributed by atoms with Crippen LogP contribution in [0.2, 0.25) is 5.02 Å². The van der Waals surface area contributed by atoms with Gasteiger partial charge < -0.3 is 23.7 Å². The molecule has 0 aliphatic carbocycles. The Morgan fingerprint density at radius 3 is 2.25 bits per heavy atom. The van der Waals surface area contributed by atoms with E-state index in [1.54, 1.807) is 21.3 Å². The molecular formula is C22H21ClO5. The summed E-state index contributed by atoms with van der Waals surface area (Å²) in [6.45, 7) is 4.30. The van der Waals surface area contributed by atoms with Gasteiger partial charge in [-0.2, -0.15) is 0 Å². The van der Waals surface area contributed by atoms with Crippen molar-refractivity contribution >= 4 is 22.4 Å². The molecular weight excluding hydrogens is 380 g/mol. The van der Waals surface area contributed by atoms with Crippen molar-refractivity contribution in [2.75, 3.05) is 28.1 Å². The number of benzene rings is 3. The monoisotopic (exact) mass is 400 g/mol. The summed E-state index contributed by atoms with van der Waals surface area (Å²) in [7, 11) is 4.79. The first-order valence-corrected chi connectivity index (χ1v) is 9.21. The largest absolute Gasteiger partial charge is 0.493 e. The lowest BCUT2D eigenvalue weighted by atomic mass is 9.90. The highest BCUT2D eigenvalue weighted by atomic mass is 35.5. The minimum Gasteiger partial charge on any atom is -0.493 e. The topological polar surface area (TPSA) is 46.2 Å². The normalized spacial score (nSPS) is 12.4. The van der Waals surface area contributed by atoms with Gasteiger partial charge in [0.15, 0.2) is 23.0 Å². The van der Waals surface area contributed by atoms with Gasteiger partial charge in [-0.1, -0.05) is 17.7 Å². The Morgan fingerprint density at radius 2 is 1.57 bits per heavy atom. The van der Waals surface area contributed by atoms with Crippen molar-refractivity contribution in [2.24, 2.45) is 0 Å². The third kappa shape index (κ3) is 2.61. The molecule has 0 fully saturated rings. The maximum atomic E-state index is 6.77. The van der Waals surface area contributed by atoms with Crippen LogP contribution in [0.1, 0.15) is 11.1 Å². The van der Waals surface area contributed by atoms with Crippen molar-refractivity contribution in [1.82, 2.24) is 0 Å². The van der Waals surface area contributed by atoms with Crippen LogP contribution in [0.15, 0.2) is 24.3 Å². The van der Waals surface area contributed by atoms with Crippen molar-refractivity contribution < 1.29 is 23.7 Å². The SMILES string of the molecule is COc1cc2c(-c3ccc4c(c3)OCO4)c(C)c(C)c(Cl)c2c(OC)c1OC. The van der Waals surface area contributed by atoms with Crippen LogP contribution >= 0.6 is 11.6 Å². The van der Waals surface area contributed by atoms with E-state index in [0.29, 0.717) is 22.3 Å². The number of hydrogen-bond acceptors (Lipinski definition) is 5. The van der Waals surface area contributed by atoms with Gasteiger partial charge in [-0.05, 0) is 59.7 Å². The highest BCUT2D eigenvalue weighted by molar-refractivity contribution is 6.38. The summed E-state index contributed by atoms with van der Waals surface area (Å²) >= 11 is 6.77. The Hall–Kier alpha value is -2.79. The van der Waals surface area contributed by atoms with Gasteiger partial charge in [0.2, 0.25) is 12.5 Å². The standard InChI is InChI=1S/C22H21ClO5/c1-11-12(2)20(23)19-14(9-17(24-3)21(25-4)22(19)26-5)18(11)13-6-7-15-16(8-13)28-10-27-15/h6-9H,10H2,1-5H3. The van der Waals surface area contributed by atoms with Gasteiger partial charge in [-0.15, -0.1) is 0 Å². The average molecular weight is 401 g/mol. The Labute approximate surface area is 168 Å². The minimum absolute atomic E-state index is 0.233. The molecule has 0 aromatic heterocycles. The molecule has 0 radical (unpaired) electrons. The number of ether oxygens (including phenoxy) is 5. The zero-order valence-electron chi connectivity index (χ0n) is 16.4. The van der Waals surface area contributed by atoms with E-state index in [0.717, 1.165) is 44.5 Å². The van der Waals surface area contributed by atoms with E-state index in [2.05, 4.69) is 6.92 Å². The predicted molar refractivity (Wildman–Crippen MR) is 110 cm³/mol. The van der Waals surface area contributed by atoms with E-state index in [1.807, 2.05) is 31.2 Å². The van der Waals surface area contributed by atoms with E-state index in [4.69, 9.17) is 35.3 Å². The van der Waals surface area contributed by atoms with Gasteiger partial charge >= 0.3 is 0 Å². The minimum atomic E-state index is 0.233. The van der Waals surface area contributed by atoms with Crippen molar-refractivity contribution in [3.05, 3.63) is 40.4 Å². The fraction of sp³-hybridized carbons (Fsp3) is 0.273. The molecule has 4 rings (SSSR count). The van der Waals surface area contributed by atoms with Gasteiger partial charge in [0.25, 0.3) is 0 Å². The molecule has 1 heterocycles. The summed E-state index contributed by atoms with van der Waals surface area (Å²) in [5, 5.41) is 2.34. The molecule has 0 saturated carbocycles.